The van der Waals surface area contributed by atoms with Gasteiger partial charge in [-0.2, -0.15) is 0 Å². The van der Waals surface area contributed by atoms with E-state index in [0.29, 0.717) is 17.8 Å². The molecule has 2 heterocycles. The molecule has 0 aromatic heterocycles. The summed E-state index contributed by atoms with van der Waals surface area (Å²) in [6.45, 7) is 1.87. The molecule has 5 unspecified atom stereocenters. The molecule has 1 amide bonds. The Labute approximate surface area is 101 Å². The number of hydrogen-bond donors (Lipinski definition) is 2. The first-order chi connectivity index (χ1) is 8.25. The van der Waals surface area contributed by atoms with Crippen LogP contribution >= 0.6 is 0 Å². The molecule has 0 aromatic carbocycles. The second-order valence-corrected chi connectivity index (χ2v) is 6.28. The molecule has 17 heavy (non-hydrogen) atoms. The summed E-state index contributed by atoms with van der Waals surface area (Å²) >= 11 is 0. The zero-order valence-corrected chi connectivity index (χ0v) is 10.0. The maximum Gasteiger partial charge on any atom is 0.240 e. The van der Waals surface area contributed by atoms with E-state index < -0.39 is 0 Å². The topological polar surface area (TPSA) is 52.6 Å². The summed E-state index contributed by atoms with van der Waals surface area (Å²) in [5, 5.41) is 13.5. The van der Waals surface area contributed by atoms with Crippen LogP contribution in [-0.4, -0.2) is 47.2 Å². The predicted molar refractivity (Wildman–Crippen MR) is 62.2 cm³/mol. The number of hydrogen-bond acceptors (Lipinski definition) is 3. The molecule has 2 bridgehead atoms. The Hall–Kier alpha value is -0.610. The van der Waals surface area contributed by atoms with E-state index in [9.17, 15) is 9.90 Å². The summed E-state index contributed by atoms with van der Waals surface area (Å²) in [6.07, 6.45) is 4.12. The lowest BCUT2D eigenvalue weighted by atomic mass is 9.88. The van der Waals surface area contributed by atoms with Crippen molar-refractivity contribution in [3.63, 3.8) is 0 Å². The monoisotopic (exact) mass is 236 g/mol. The number of fused-ring (bicyclic) bond motifs is 1. The first-order valence-corrected chi connectivity index (χ1v) is 6.97. The van der Waals surface area contributed by atoms with Crippen LogP contribution in [-0.2, 0) is 4.79 Å². The Morgan fingerprint density at radius 2 is 2.18 bits per heavy atom. The molecule has 0 aromatic rings. The second-order valence-electron chi connectivity index (χ2n) is 6.28. The molecule has 2 saturated heterocycles. The van der Waals surface area contributed by atoms with Gasteiger partial charge in [-0.05, 0) is 50.0 Å². The van der Waals surface area contributed by atoms with Crippen molar-refractivity contribution < 1.29 is 9.90 Å². The Balaban J connectivity index is 1.57. The highest BCUT2D eigenvalue weighted by atomic mass is 16.3. The third-order valence-electron chi connectivity index (χ3n) is 5.49. The highest BCUT2D eigenvalue weighted by Gasteiger charge is 2.60. The SMILES string of the molecule is O=C([C@@H]1CCCN1)N1CC2CC3CC2C1C3O. The fourth-order valence-electron chi connectivity index (χ4n) is 4.76. The van der Waals surface area contributed by atoms with Gasteiger partial charge in [0.05, 0.1) is 18.2 Å². The third kappa shape index (κ3) is 1.28. The Bertz CT molecular complexity index is 351. The number of amides is 1. The Morgan fingerprint density at radius 1 is 1.29 bits per heavy atom. The van der Waals surface area contributed by atoms with Gasteiger partial charge in [-0.1, -0.05) is 0 Å². The maximum absolute atomic E-state index is 12.5. The lowest BCUT2D eigenvalue weighted by Gasteiger charge is -2.30. The van der Waals surface area contributed by atoms with Gasteiger partial charge >= 0.3 is 0 Å². The lowest BCUT2D eigenvalue weighted by molar-refractivity contribution is -0.136. The van der Waals surface area contributed by atoms with Crippen LogP contribution < -0.4 is 5.32 Å². The number of aliphatic hydroxyl groups is 1. The van der Waals surface area contributed by atoms with Crippen molar-refractivity contribution in [2.45, 2.75) is 43.9 Å². The summed E-state index contributed by atoms with van der Waals surface area (Å²) in [6, 6.07) is 0.174. The van der Waals surface area contributed by atoms with Gasteiger partial charge in [0.2, 0.25) is 5.91 Å². The van der Waals surface area contributed by atoms with Crippen LogP contribution in [0, 0.1) is 17.8 Å². The average Bonchev–Trinajstić information content (AvgIpc) is 3.02. The van der Waals surface area contributed by atoms with Gasteiger partial charge < -0.3 is 15.3 Å². The van der Waals surface area contributed by atoms with Crippen LogP contribution in [0.4, 0.5) is 0 Å². The zero-order valence-electron chi connectivity index (χ0n) is 10.0. The zero-order chi connectivity index (χ0) is 11.6. The minimum absolute atomic E-state index is 0.0266. The fraction of sp³-hybridized carbons (Fsp3) is 0.923. The van der Waals surface area contributed by atoms with E-state index >= 15 is 0 Å². The molecular formula is C13H20N2O2. The normalized spacial score (nSPS) is 51.5. The van der Waals surface area contributed by atoms with Crippen molar-refractivity contribution in [3.05, 3.63) is 0 Å². The van der Waals surface area contributed by atoms with Crippen molar-refractivity contribution >= 4 is 5.91 Å². The van der Waals surface area contributed by atoms with Gasteiger partial charge in [0.25, 0.3) is 0 Å². The van der Waals surface area contributed by atoms with E-state index in [1.165, 1.54) is 0 Å². The maximum atomic E-state index is 12.5. The van der Waals surface area contributed by atoms with Crippen LogP contribution in [0.15, 0.2) is 0 Å². The standard InChI is InChI=1S/C13H20N2O2/c16-12-7-4-8-6-15(11(12)9(8)5-7)13(17)10-2-1-3-14-10/h7-12,14,16H,1-6H2/t7?,8?,9?,10-,11?,12?/m0/s1. The smallest absolute Gasteiger partial charge is 0.240 e. The van der Waals surface area contributed by atoms with E-state index in [-0.39, 0.29) is 24.1 Å². The molecule has 4 rings (SSSR count). The summed E-state index contributed by atoms with van der Waals surface area (Å²) < 4.78 is 0. The molecule has 2 aliphatic carbocycles. The van der Waals surface area contributed by atoms with Crippen LogP contribution in [0.2, 0.25) is 0 Å². The van der Waals surface area contributed by atoms with Crippen molar-refractivity contribution in [3.8, 4) is 0 Å². The molecule has 6 atom stereocenters. The number of rotatable bonds is 1. The van der Waals surface area contributed by atoms with E-state index in [0.717, 1.165) is 38.8 Å². The van der Waals surface area contributed by atoms with Gasteiger partial charge in [0.1, 0.15) is 0 Å². The van der Waals surface area contributed by atoms with E-state index in [2.05, 4.69) is 5.32 Å². The predicted octanol–water partition coefficient (Wildman–Crippen LogP) is -0.0339. The molecule has 4 aliphatic rings. The number of aliphatic hydroxyl groups excluding tert-OH is 1. The lowest BCUT2D eigenvalue weighted by Crippen LogP contribution is -2.49. The first-order valence-electron chi connectivity index (χ1n) is 6.97. The van der Waals surface area contributed by atoms with Crippen LogP contribution in [0.25, 0.3) is 0 Å². The van der Waals surface area contributed by atoms with E-state index in [1.807, 2.05) is 4.90 Å². The highest BCUT2D eigenvalue weighted by molar-refractivity contribution is 5.83. The van der Waals surface area contributed by atoms with Crippen molar-refractivity contribution in [2.24, 2.45) is 17.8 Å². The summed E-state index contributed by atoms with van der Waals surface area (Å²) in [5.74, 6) is 2.00. The van der Waals surface area contributed by atoms with Crippen molar-refractivity contribution in [2.75, 3.05) is 13.1 Å². The first kappa shape index (κ1) is 10.3. The van der Waals surface area contributed by atoms with Gasteiger partial charge in [-0.25, -0.2) is 0 Å². The van der Waals surface area contributed by atoms with E-state index in [4.69, 9.17) is 0 Å². The minimum atomic E-state index is -0.246. The number of nitrogens with zero attached hydrogens (tertiary/aromatic N) is 1. The molecule has 2 N–H and O–H groups in total. The Morgan fingerprint density at radius 3 is 2.88 bits per heavy atom. The second kappa shape index (κ2) is 3.45. The molecule has 4 nitrogen and oxygen atoms in total. The number of carbonyl (C=O) groups is 1. The number of nitrogens with one attached hydrogen (secondary N) is 1. The summed E-state index contributed by atoms with van der Waals surface area (Å²) in [4.78, 5) is 14.5. The molecular weight excluding hydrogens is 216 g/mol. The van der Waals surface area contributed by atoms with Crippen LogP contribution in [0.1, 0.15) is 25.7 Å². The van der Waals surface area contributed by atoms with Crippen molar-refractivity contribution in [1.82, 2.24) is 10.2 Å². The molecule has 4 fully saturated rings. The number of likely N-dealkylation sites (tertiary alicyclic amines) is 1. The quantitative estimate of drug-likeness (QED) is 0.672. The Kier molecular flexibility index (Phi) is 2.10. The third-order valence-corrected chi connectivity index (χ3v) is 5.49. The molecule has 0 radical (unpaired) electrons. The molecule has 2 aliphatic heterocycles. The van der Waals surface area contributed by atoms with Gasteiger partial charge in [-0.15, -0.1) is 0 Å². The average molecular weight is 236 g/mol. The highest BCUT2D eigenvalue weighted by Crippen LogP contribution is 2.55. The molecule has 4 heteroatoms. The molecule has 94 valence electrons. The largest absolute Gasteiger partial charge is 0.391 e. The van der Waals surface area contributed by atoms with Crippen LogP contribution in [0.3, 0.4) is 0 Å². The molecule has 0 spiro atoms. The van der Waals surface area contributed by atoms with Gasteiger partial charge in [0.15, 0.2) is 0 Å². The van der Waals surface area contributed by atoms with Gasteiger partial charge in [-0.3, -0.25) is 4.79 Å². The fourth-order valence-corrected chi connectivity index (χ4v) is 4.76. The molecule has 2 saturated carbocycles. The number of carbonyl (C=O) groups excluding carboxylic acids is 1. The van der Waals surface area contributed by atoms with Gasteiger partial charge in [0, 0.05) is 6.54 Å². The summed E-state index contributed by atoms with van der Waals surface area (Å²) in [7, 11) is 0. The van der Waals surface area contributed by atoms with Crippen LogP contribution in [0.5, 0.6) is 0 Å². The summed E-state index contributed by atoms with van der Waals surface area (Å²) in [5.41, 5.74) is 0. The minimum Gasteiger partial charge on any atom is -0.391 e. The van der Waals surface area contributed by atoms with Crippen molar-refractivity contribution in [1.29, 1.82) is 0 Å². The van der Waals surface area contributed by atoms with E-state index in [1.54, 1.807) is 0 Å².